The summed E-state index contributed by atoms with van der Waals surface area (Å²) in [6.45, 7) is 1.39. The lowest BCUT2D eigenvalue weighted by Crippen LogP contribution is -2.28. The van der Waals surface area contributed by atoms with Crippen LogP contribution >= 0.6 is 11.6 Å². The molecule has 132 valence electrons. The molecule has 2 atom stereocenters. The average Bonchev–Trinajstić information content (AvgIpc) is 3.14. The zero-order valence-electron chi connectivity index (χ0n) is 14.0. The minimum Gasteiger partial charge on any atom is -0.329 e. The molecule has 1 aliphatic heterocycles. The van der Waals surface area contributed by atoms with Crippen LogP contribution in [0.1, 0.15) is 11.5 Å². The summed E-state index contributed by atoms with van der Waals surface area (Å²) in [6, 6.07) is 15.2. The number of amides is 1. The van der Waals surface area contributed by atoms with Crippen molar-refractivity contribution in [3.05, 3.63) is 75.7 Å². The molecular weight excluding hydrogens is 350 g/mol. The molecular formula is C20H18ClN3O2. The Hall–Kier alpha value is -2.63. The summed E-state index contributed by atoms with van der Waals surface area (Å²) in [6.07, 6.45) is 1.58. The summed E-state index contributed by atoms with van der Waals surface area (Å²) in [7, 11) is 0. The molecule has 0 spiro atoms. The number of anilines is 1. The normalized spacial score (nSPS) is 19.6. The molecule has 1 saturated heterocycles. The monoisotopic (exact) mass is 367 g/mol. The van der Waals surface area contributed by atoms with E-state index in [4.69, 9.17) is 11.6 Å². The summed E-state index contributed by atoms with van der Waals surface area (Å²) in [5, 5.41) is 7.83. The van der Waals surface area contributed by atoms with Gasteiger partial charge in [-0.05, 0) is 29.1 Å². The van der Waals surface area contributed by atoms with Gasteiger partial charge in [-0.3, -0.25) is 9.59 Å². The molecule has 5 nitrogen and oxygen atoms in total. The molecule has 1 aromatic heterocycles. The van der Waals surface area contributed by atoms with Crippen molar-refractivity contribution in [2.45, 2.75) is 5.92 Å². The zero-order chi connectivity index (χ0) is 18.1. The van der Waals surface area contributed by atoms with Crippen molar-refractivity contribution >= 4 is 34.0 Å². The first-order chi connectivity index (χ1) is 12.6. The fourth-order valence-corrected chi connectivity index (χ4v) is 3.75. The van der Waals surface area contributed by atoms with Gasteiger partial charge in [-0.1, -0.05) is 41.9 Å². The first-order valence-corrected chi connectivity index (χ1v) is 8.89. The van der Waals surface area contributed by atoms with Crippen molar-refractivity contribution in [3.8, 4) is 0 Å². The number of hydrogen-bond acceptors (Lipinski definition) is 3. The van der Waals surface area contributed by atoms with E-state index in [2.05, 4.69) is 15.6 Å². The Kier molecular flexibility index (Phi) is 4.49. The van der Waals surface area contributed by atoms with Crippen molar-refractivity contribution in [1.29, 1.82) is 0 Å². The molecule has 3 N–H and O–H groups in total. The predicted molar refractivity (Wildman–Crippen MR) is 104 cm³/mol. The highest BCUT2D eigenvalue weighted by molar-refractivity contribution is 6.34. The highest BCUT2D eigenvalue weighted by Gasteiger charge is 2.34. The van der Waals surface area contributed by atoms with Crippen LogP contribution in [0.4, 0.5) is 5.69 Å². The number of fused-ring (bicyclic) bond motifs is 1. The number of aromatic amines is 1. The van der Waals surface area contributed by atoms with Crippen LogP contribution in [0.3, 0.4) is 0 Å². The van der Waals surface area contributed by atoms with E-state index >= 15 is 0 Å². The second-order valence-electron chi connectivity index (χ2n) is 6.50. The maximum Gasteiger partial charge on any atom is 0.255 e. The number of rotatable bonds is 3. The molecule has 0 saturated carbocycles. The zero-order valence-corrected chi connectivity index (χ0v) is 14.7. The van der Waals surface area contributed by atoms with Crippen LogP contribution in [0, 0.1) is 5.92 Å². The lowest BCUT2D eigenvalue weighted by molar-refractivity contribution is -0.119. The fourth-order valence-electron chi connectivity index (χ4n) is 3.54. The number of nitrogens with one attached hydrogen (secondary N) is 3. The Labute approximate surface area is 155 Å². The van der Waals surface area contributed by atoms with Crippen molar-refractivity contribution in [2.24, 2.45) is 5.92 Å². The topological polar surface area (TPSA) is 74.0 Å². The third-order valence-electron chi connectivity index (χ3n) is 4.90. The number of H-pyrrole nitrogens is 1. The van der Waals surface area contributed by atoms with Gasteiger partial charge in [0.1, 0.15) is 0 Å². The number of benzene rings is 2. The molecule has 1 amide bonds. The second kappa shape index (κ2) is 6.94. The molecule has 6 heteroatoms. The Morgan fingerprint density at radius 2 is 1.92 bits per heavy atom. The van der Waals surface area contributed by atoms with Gasteiger partial charge >= 0.3 is 0 Å². The Morgan fingerprint density at radius 3 is 2.73 bits per heavy atom. The number of pyridine rings is 1. The number of carbonyl (C=O) groups excluding carboxylic acids is 1. The van der Waals surface area contributed by atoms with Gasteiger partial charge in [0.15, 0.2) is 0 Å². The highest BCUT2D eigenvalue weighted by Crippen LogP contribution is 2.31. The molecule has 0 unspecified atom stereocenters. The Morgan fingerprint density at radius 1 is 1.12 bits per heavy atom. The standard InChI is InChI=1S/C20H18ClN3O2/c21-17-9-14-13(6-7-23-19(14)25)8-18(17)24-20(26)16-11-22-10-15(16)12-4-2-1-3-5-12/h1-9,15-16,22H,10-11H2,(H,23,25)(H,24,26)/t15-,16+/m0/s1. The molecule has 4 rings (SSSR count). The van der Waals surface area contributed by atoms with Crippen LogP contribution in [0.25, 0.3) is 10.8 Å². The second-order valence-corrected chi connectivity index (χ2v) is 6.90. The lowest BCUT2D eigenvalue weighted by Gasteiger charge is -2.19. The number of hydrogen-bond donors (Lipinski definition) is 3. The summed E-state index contributed by atoms with van der Waals surface area (Å²) in [5.74, 6) is -0.128. The summed E-state index contributed by atoms with van der Waals surface area (Å²) in [4.78, 5) is 27.4. The van der Waals surface area contributed by atoms with E-state index < -0.39 is 0 Å². The Balaban J connectivity index is 1.61. The molecule has 2 aromatic carbocycles. The highest BCUT2D eigenvalue weighted by atomic mass is 35.5. The van der Waals surface area contributed by atoms with E-state index in [0.29, 0.717) is 22.6 Å². The summed E-state index contributed by atoms with van der Waals surface area (Å²) < 4.78 is 0. The van der Waals surface area contributed by atoms with Crippen molar-refractivity contribution in [3.63, 3.8) is 0 Å². The maximum atomic E-state index is 12.9. The lowest BCUT2D eigenvalue weighted by atomic mass is 9.88. The first-order valence-electron chi connectivity index (χ1n) is 8.51. The maximum absolute atomic E-state index is 12.9. The third-order valence-corrected chi connectivity index (χ3v) is 5.21. The Bertz CT molecular complexity index is 1020. The summed E-state index contributed by atoms with van der Waals surface area (Å²) >= 11 is 6.30. The third kappa shape index (κ3) is 3.11. The molecule has 26 heavy (non-hydrogen) atoms. The van der Waals surface area contributed by atoms with Gasteiger partial charge in [0.2, 0.25) is 5.91 Å². The molecule has 1 fully saturated rings. The van der Waals surface area contributed by atoms with Crippen LogP contribution < -0.4 is 16.2 Å². The van der Waals surface area contributed by atoms with Gasteiger partial charge in [-0.25, -0.2) is 0 Å². The van der Waals surface area contributed by atoms with Gasteiger partial charge < -0.3 is 15.6 Å². The van der Waals surface area contributed by atoms with Crippen molar-refractivity contribution in [2.75, 3.05) is 18.4 Å². The quantitative estimate of drug-likeness (QED) is 0.666. The van der Waals surface area contributed by atoms with Crippen LogP contribution in [-0.2, 0) is 4.79 Å². The van der Waals surface area contributed by atoms with E-state index in [9.17, 15) is 9.59 Å². The minimum absolute atomic E-state index is 0.0741. The van der Waals surface area contributed by atoms with E-state index in [0.717, 1.165) is 17.5 Å². The number of carbonyl (C=O) groups is 1. The molecule has 3 aromatic rings. The smallest absolute Gasteiger partial charge is 0.255 e. The minimum atomic E-state index is -0.202. The molecule has 0 radical (unpaired) electrons. The molecule has 0 aliphatic carbocycles. The first kappa shape index (κ1) is 16.8. The van der Waals surface area contributed by atoms with Gasteiger partial charge in [0.05, 0.1) is 16.6 Å². The van der Waals surface area contributed by atoms with Crippen LogP contribution in [0.2, 0.25) is 5.02 Å². The van der Waals surface area contributed by atoms with E-state index in [1.807, 2.05) is 30.3 Å². The largest absolute Gasteiger partial charge is 0.329 e. The van der Waals surface area contributed by atoms with Gasteiger partial charge in [-0.2, -0.15) is 0 Å². The van der Waals surface area contributed by atoms with E-state index in [1.54, 1.807) is 24.4 Å². The van der Waals surface area contributed by atoms with Gasteiger partial charge in [0.25, 0.3) is 5.56 Å². The van der Waals surface area contributed by atoms with E-state index in [-0.39, 0.29) is 23.3 Å². The van der Waals surface area contributed by atoms with Crippen LogP contribution in [-0.4, -0.2) is 24.0 Å². The number of halogens is 1. The molecule has 0 bridgehead atoms. The van der Waals surface area contributed by atoms with Gasteiger partial charge in [-0.15, -0.1) is 0 Å². The van der Waals surface area contributed by atoms with Crippen molar-refractivity contribution < 1.29 is 4.79 Å². The fraction of sp³-hybridized carbons (Fsp3) is 0.200. The summed E-state index contributed by atoms with van der Waals surface area (Å²) in [5.41, 5.74) is 1.47. The predicted octanol–water partition coefficient (Wildman–Crippen LogP) is 3.12. The number of aromatic nitrogens is 1. The van der Waals surface area contributed by atoms with Crippen molar-refractivity contribution in [1.82, 2.24) is 10.3 Å². The van der Waals surface area contributed by atoms with Crippen LogP contribution in [0.15, 0.2) is 59.5 Å². The molecule has 1 aliphatic rings. The average molecular weight is 368 g/mol. The van der Waals surface area contributed by atoms with E-state index in [1.165, 1.54) is 0 Å². The van der Waals surface area contributed by atoms with Crippen LogP contribution in [0.5, 0.6) is 0 Å². The van der Waals surface area contributed by atoms with Gasteiger partial charge in [0, 0.05) is 30.6 Å². The molecule has 2 heterocycles. The SMILES string of the molecule is O=C(Nc1cc2cc[nH]c(=O)c2cc1Cl)[C@@H]1CNC[C@H]1c1ccccc1.